The number of aromatic amines is 1. The third-order valence-corrected chi connectivity index (χ3v) is 7.27. The number of rotatable bonds is 10. The maximum absolute atomic E-state index is 13.5. The van der Waals surface area contributed by atoms with Crippen molar-refractivity contribution >= 4 is 34.3 Å². The standard InChI is InChI=1S/C33H30ClN3O3/c1-3-9-22(21-10-5-4-6-11-21)19-31(38)23-14-16-25(28(18-23)33(39)37-40-2)27-20-24(34)15-17-26(27)32-35-29-12-7-8-13-30(29)36-32/h4-8,10-18,20,22H,3,9,19H2,1-2H3,(H,35,36)(H,37,39)/t22-/m0/s1. The summed E-state index contributed by atoms with van der Waals surface area (Å²) >= 11 is 6.44. The lowest BCUT2D eigenvalue weighted by atomic mass is 9.87. The number of fused-ring (bicyclic) bond motifs is 1. The summed E-state index contributed by atoms with van der Waals surface area (Å²) in [6, 6.07) is 28.5. The van der Waals surface area contributed by atoms with Crippen LogP contribution in [0, 0.1) is 0 Å². The minimum Gasteiger partial charge on any atom is -0.338 e. The summed E-state index contributed by atoms with van der Waals surface area (Å²) in [5.41, 5.74) is 8.15. The number of Topliss-reactive ketones (excluding diaryl/α,β-unsaturated/α-hetero) is 1. The molecule has 0 fully saturated rings. The van der Waals surface area contributed by atoms with Crippen molar-refractivity contribution in [1.82, 2.24) is 15.4 Å². The van der Waals surface area contributed by atoms with Crippen molar-refractivity contribution < 1.29 is 14.4 Å². The van der Waals surface area contributed by atoms with Crippen LogP contribution in [0.15, 0.2) is 91.0 Å². The number of H-pyrrole nitrogens is 1. The highest BCUT2D eigenvalue weighted by Crippen LogP contribution is 2.37. The summed E-state index contributed by atoms with van der Waals surface area (Å²) in [4.78, 5) is 39.8. The Morgan fingerprint density at radius 3 is 2.42 bits per heavy atom. The van der Waals surface area contributed by atoms with Gasteiger partial charge >= 0.3 is 0 Å². The first-order valence-electron chi connectivity index (χ1n) is 13.3. The molecule has 1 atom stereocenters. The Morgan fingerprint density at radius 2 is 1.68 bits per heavy atom. The molecule has 1 heterocycles. The highest BCUT2D eigenvalue weighted by Gasteiger charge is 2.22. The van der Waals surface area contributed by atoms with Crippen LogP contribution in [0.3, 0.4) is 0 Å². The van der Waals surface area contributed by atoms with Crippen molar-refractivity contribution in [3.8, 4) is 22.5 Å². The molecule has 5 rings (SSSR count). The van der Waals surface area contributed by atoms with Crippen molar-refractivity contribution in [3.05, 3.63) is 113 Å². The predicted molar refractivity (Wildman–Crippen MR) is 159 cm³/mol. The first-order chi connectivity index (χ1) is 19.5. The Kier molecular flexibility index (Phi) is 8.39. The van der Waals surface area contributed by atoms with Gasteiger partial charge in [0.2, 0.25) is 0 Å². The number of hydrogen-bond donors (Lipinski definition) is 2. The summed E-state index contributed by atoms with van der Waals surface area (Å²) in [5.74, 6) is 0.262. The van der Waals surface area contributed by atoms with Crippen molar-refractivity contribution in [2.24, 2.45) is 0 Å². The van der Waals surface area contributed by atoms with Crippen LogP contribution >= 0.6 is 11.6 Å². The highest BCUT2D eigenvalue weighted by atomic mass is 35.5. The third kappa shape index (κ3) is 5.83. The molecule has 0 aliphatic carbocycles. The molecule has 0 spiro atoms. The molecule has 0 aliphatic rings. The van der Waals surface area contributed by atoms with Gasteiger partial charge in [-0.2, -0.15) is 0 Å². The fraction of sp³-hybridized carbons (Fsp3) is 0.182. The number of nitrogens with zero attached hydrogens (tertiary/aromatic N) is 1. The molecule has 2 N–H and O–H groups in total. The van der Waals surface area contributed by atoms with E-state index < -0.39 is 5.91 Å². The van der Waals surface area contributed by atoms with Crippen LogP contribution in [0.25, 0.3) is 33.5 Å². The summed E-state index contributed by atoms with van der Waals surface area (Å²) in [6.07, 6.45) is 2.21. The molecule has 0 saturated carbocycles. The van der Waals surface area contributed by atoms with E-state index in [9.17, 15) is 9.59 Å². The molecule has 40 heavy (non-hydrogen) atoms. The van der Waals surface area contributed by atoms with E-state index in [2.05, 4.69) is 29.5 Å². The van der Waals surface area contributed by atoms with E-state index in [0.29, 0.717) is 39.5 Å². The van der Waals surface area contributed by atoms with Gasteiger partial charge in [0.15, 0.2) is 5.78 Å². The van der Waals surface area contributed by atoms with Crippen LogP contribution in [0.2, 0.25) is 5.02 Å². The second-order valence-corrected chi connectivity index (χ2v) is 10.1. The molecule has 202 valence electrons. The zero-order valence-electron chi connectivity index (χ0n) is 22.4. The van der Waals surface area contributed by atoms with Gasteiger partial charge in [0.25, 0.3) is 5.91 Å². The lowest BCUT2D eigenvalue weighted by Gasteiger charge is -2.17. The quantitative estimate of drug-likeness (QED) is 0.136. The molecular formula is C33H30ClN3O3. The van der Waals surface area contributed by atoms with E-state index in [0.717, 1.165) is 35.0 Å². The number of halogens is 1. The van der Waals surface area contributed by atoms with Crippen LogP contribution in [-0.2, 0) is 4.84 Å². The highest BCUT2D eigenvalue weighted by molar-refractivity contribution is 6.31. The van der Waals surface area contributed by atoms with Gasteiger partial charge in [-0.25, -0.2) is 10.5 Å². The van der Waals surface area contributed by atoms with Crippen LogP contribution < -0.4 is 5.48 Å². The molecule has 0 radical (unpaired) electrons. The number of nitrogens with one attached hydrogen (secondary N) is 2. The number of amides is 1. The molecule has 0 unspecified atom stereocenters. The number of carbonyl (C=O) groups is 2. The number of aromatic nitrogens is 2. The van der Waals surface area contributed by atoms with Crippen molar-refractivity contribution in [2.45, 2.75) is 32.1 Å². The predicted octanol–water partition coefficient (Wildman–Crippen LogP) is 8.00. The number of imidazole rings is 1. The Bertz CT molecular complexity index is 1630. The van der Waals surface area contributed by atoms with E-state index in [1.54, 1.807) is 30.3 Å². The van der Waals surface area contributed by atoms with Gasteiger partial charge in [0.1, 0.15) is 5.82 Å². The van der Waals surface area contributed by atoms with Gasteiger partial charge in [0, 0.05) is 22.6 Å². The smallest absolute Gasteiger partial charge is 0.275 e. The third-order valence-electron chi connectivity index (χ3n) is 7.04. The average molecular weight is 552 g/mol. The Balaban J connectivity index is 1.57. The van der Waals surface area contributed by atoms with E-state index in [1.807, 2.05) is 48.5 Å². The van der Waals surface area contributed by atoms with Crippen molar-refractivity contribution in [2.75, 3.05) is 7.11 Å². The number of ketones is 1. The monoisotopic (exact) mass is 551 g/mol. The molecule has 0 aliphatic heterocycles. The van der Waals surface area contributed by atoms with Gasteiger partial charge < -0.3 is 4.98 Å². The second-order valence-electron chi connectivity index (χ2n) is 9.71. The molecular weight excluding hydrogens is 522 g/mol. The lowest BCUT2D eigenvalue weighted by Crippen LogP contribution is -2.23. The summed E-state index contributed by atoms with van der Waals surface area (Å²) in [6.45, 7) is 2.12. The van der Waals surface area contributed by atoms with Crippen LogP contribution in [-0.4, -0.2) is 28.8 Å². The zero-order chi connectivity index (χ0) is 28.1. The number of carbonyl (C=O) groups excluding carboxylic acids is 2. The van der Waals surface area contributed by atoms with Crippen LogP contribution in [0.4, 0.5) is 0 Å². The van der Waals surface area contributed by atoms with Gasteiger partial charge in [-0.1, -0.05) is 79.5 Å². The minimum absolute atomic E-state index is 0.0241. The maximum atomic E-state index is 13.5. The number of hydrogen-bond acceptors (Lipinski definition) is 4. The van der Waals surface area contributed by atoms with Gasteiger partial charge in [-0.05, 0) is 65.4 Å². The Hall–Kier alpha value is -4.26. The molecule has 4 aromatic carbocycles. The SMILES string of the molecule is CCC[C@@H](CC(=O)c1ccc(-c2cc(Cl)ccc2-c2nc3ccccc3[nH]2)c(C(=O)NOC)c1)c1ccccc1. The minimum atomic E-state index is -0.462. The fourth-order valence-corrected chi connectivity index (χ4v) is 5.29. The summed E-state index contributed by atoms with van der Waals surface area (Å²) in [7, 11) is 1.38. The molecule has 0 saturated heterocycles. The molecule has 0 bridgehead atoms. The van der Waals surface area contributed by atoms with Crippen molar-refractivity contribution in [3.63, 3.8) is 0 Å². The number of benzene rings is 4. The van der Waals surface area contributed by atoms with Crippen LogP contribution in [0.5, 0.6) is 0 Å². The Morgan fingerprint density at radius 1 is 0.925 bits per heavy atom. The topological polar surface area (TPSA) is 84.1 Å². The maximum Gasteiger partial charge on any atom is 0.275 e. The molecule has 5 aromatic rings. The van der Waals surface area contributed by atoms with Gasteiger partial charge in [0.05, 0.1) is 23.7 Å². The second kappa shape index (κ2) is 12.3. The van der Waals surface area contributed by atoms with Crippen LogP contribution in [0.1, 0.15) is 58.4 Å². The van der Waals surface area contributed by atoms with E-state index in [-0.39, 0.29) is 11.7 Å². The molecule has 1 amide bonds. The molecule has 1 aromatic heterocycles. The zero-order valence-corrected chi connectivity index (χ0v) is 23.2. The van der Waals surface area contributed by atoms with E-state index in [4.69, 9.17) is 21.4 Å². The van der Waals surface area contributed by atoms with E-state index >= 15 is 0 Å². The average Bonchev–Trinajstić information content (AvgIpc) is 3.41. The van der Waals surface area contributed by atoms with Crippen molar-refractivity contribution in [1.29, 1.82) is 0 Å². The number of hydroxylamine groups is 1. The summed E-state index contributed by atoms with van der Waals surface area (Å²) in [5, 5.41) is 0.512. The fourth-order valence-electron chi connectivity index (χ4n) is 5.12. The number of para-hydroxylation sites is 2. The lowest BCUT2D eigenvalue weighted by molar-refractivity contribution is 0.0538. The molecule has 6 nitrogen and oxygen atoms in total. The normalized spacial score (nSPS) is 11.9. The summed E-state index contributed by atoms with van der Waals surface area (Å²) < 4.78 is 0. The first kappa shape index (κ1) is 27.3. The van der Waals surface area contributed by atoms with Gasteiger partial charge in [-0.3, -0.25) is 14.4 Å². The van der Waals surface area contributed by atoms with E-state index in [1.165, 1.54) is 7.11 Å². The largest absolute Gasteiger partial charge is 0.338 e. The first-order valence-corrected chi connectivity index (χ1v) is 13.7. The Labute approximate surface area is 238 Å². The van der Waals surface area contributed by atoms with Gasteiger partial charge in [-0.15, -0.1) is 0 Å². The molecule has 7 heteroatoms.